The molecule has 0 aromatic rings. The van der Waals surface area contributed by atoms with Gasteiger partial charge in [0.05, 0.1) is 0 Å². The molecule has 0 aliphatic carbocycles. The van der Waals surface area contributed by atoms with Gasteiger partial charge in [0.15, 0.2) is 9.04 Å². The van der Waals surface area contributed by atoms with Crippen molar-refractivity contribution >= 4 is 57.8 Å². The van der Waals surface area contributed by atoms with Crippen molar-refractivity contribution in [1.29, 1.82) is 0 Å². The lowest BCUT2D eigenvalue weighted by atomic mass is 10.9. The van der Waals surface area contributed by atoms with E-state index in [-0.39, 0.29) is 0 Å². The van der Waals surface area contributed by atoms with Crippen molar-refractivity contribution in [3.8, 4) is 0 Å². The van der Waals surface area contributed by atoms with E-state index < -0.39 is 57.8 Å². The average molecular weight is 506 g/mol. The third kappa shape index (κ3) is 19.8. The van der Waals surface area contributed by atoms with Gasteiger partial charge >= 0.3 is 42.8 Å². The van der Waals surface area contributed by atoms with Gasteiger partial charge in [-0.2, -0.15) is 0 Å². The molecule has 0 unspecified atom stereocenters. The van der Waals surface area contributed by atoms with Crippen LogP contribution in [0, 0.1) is 0 Å². The van der Waals surface area contributed by atoms with Crippen LogP contribution < -0.4 is 0 Å². The number of carbonyl (C=O) groups is 1. The summed E-state index contributed by atoms with van der Waals surface area (Å²) in [5.74, 6) is -0.833. The summed E-state index contributed by atoms with van der Waals surface area (Å²) in [5.41, 5.74) is 0. The van der Waals surface area contributed by atoms with Crippen LogP contribution in [0.4, 0.5) is 0 Å². The van der Waals surface area contributed by atoms with Crippen LogP contribution in [0.3, 0.4) is 0 Å². The number of hydrogen-bond acceptors (Lipinski definition) is 7. The average Bonchev–Trinajstić information content (AvgIpc) is 2.13. The van der Waals surface area contributed by atoms with E-state index in [1.165, 1.54) is 0 Å². The molecule has 1 radical (unpaired) electrons. The van der Waals surface area contributed by atoms with E-state index in [1.807, 2.05) is 39.3 Å². The summed E-state index contributed by atoms with van der Waals surface area (Å²) in [6, 6.07) is 0. The van der Waals surface area contributed by atoms with E-state index in [0.717, 1.165) is 6.92 Å². The first-order chi connectivity index (χ1) is 12.0. The number of hydrogen-bond donors (Lipinski definition) is 2. The van der Waals surface area contributed by atoms with Crippen LogP contribution in [0.25, 0.3) is 0 Å². The van der Waals surface area contributed by atoms with Crippen LogP contribution in [-0.4, -0.2) is 67.7 Å². The molecule has 28 heavy (non-hydrogen) atoms. The lowest BCUT2D eigenvalue weighted by Gasteiger charge is -2.41. The first-order valence-electron chi connectivity index (χ1n) is 9.19. The fourth-order valence-corrected chi connectivity index (χ4v) is 28.1. The second-order valence-electron chi connectivity index (χ2n) is 8.98. The molecule has 0 aromatic carbocycles. The largest absolute Gasteiger partial charge is 0.481 e. The lowest BCUT2D eigenvalue weighted by Crippen LogP contribution is -2.59. The minimum Gasteiger partial charge on any atom is -0.481 e. The van der Waals surface area contributed by atoms with E-state index in [1.54, 1.807) is 13.1 Å². The zero-order valence-corrected chi connectivity index (χ0v) is 25.8. The predicted molar refractivity (Wildman–Crippen MR) is 126 cm³/mol. The predicted octanol–water partition coefficient (Wildman–Crippen LogP) is 3.91. The van der Waals surface area contributed by atoms with E-state index in [9.17, 15) is 4.80 Å². The molecule has 0 amide bonds. The smallest absolute Gasteiger partial charge is 0.320 e. The molecule has 0 aliphatic heterocycles. The van der Waals surface area contributed by atoms with Crippen molar-refractivity contribution in [2.45, 2.75) is 85.5 Å². The van der Waals surface area contributed by atoms with Crippen molar-refractivity contribution in [3.05, 3.63) is 0 Å². The molecule has 8 nitrogen and oxygen atoms in total. The van der Waals surface area contributed by atoms with Gasteiger partial charge in [0.1, 0.15) is 0 Å². The highest BCUT2D eigenvalue weighted by Gasteiger charge is 2.46. The van der Waals surface area contributed by atoms with Crippen molar-refractivity contribution < 1.29 is 35.3 Å². The SMILES string of the molecule is CC(=O)O.C[Si](C)O[Si](C)(C)O[Si](C)(C)O[Si](C)(C)O[Si](C)(C)O[Si](C)(C)O. The fraction of sp³-hybridized carbons (Fsp3) is 0.929. The van der Waals surface area contributed by atoms with Crippen molar-refractivity contribution in [1.82, 2.24) is 0 Å². The lowest BCUT2D eigenvalue weighted by molar-refractivity contribution is -0.134. The number of carboxylic acid groups (broad SMARTS) is 1. The molecule has 0 atom stereocenters. The Bertz CT molecular complexity index is 487. The summed E-state index contributed by atoms with van der Waals surface area (Å²) < 4.78 is 30.9. The maximum absolute atomic E-state index is 10.0. The summed E-state index contributed by atoms with van der Waals surface area (Å²) in [6.45, 7) is 25.0. The summed E-state index contributed by atoms with van der Waals surface area (Å²) in [6.07, 6.45) is 0. The van der Waals surface area contributed by atoms with Crippen LogP contribution >= 0.6 is 0 Å². The normalized spacial score (nSPS) is 14.0. The monoisotopic (exact) mass is 505 g/mol. The molecule has 0 spiro atoms. The number of rotatable bonds is 10. The first-order valence-corrected chi connectivity index (χ1v) is 25.7. The van der Waals surface area contributed by atoms with Gasteiger partial charge in [-0.3, -0.25) is 4.79 Å². The highest BCUT2D eigenvalue weighted by Crippen LogP contribution is 2.25. The molecule has 0 saturated heterocycles. The standard InChI is InChI=1S/C12H37O6Si6.C2H4O2/c1-19(2)14-21(5,6)16-23(9,10)18-24(11,12)17-22(7,8)15-20(3,4)13;1-2(3)4/h13H,1-12H3;1H3,(H,3,4). The third-order valence-electron chi connectivity index (χ3n) is 2.42. The molecule has 14 heteroatoms. The minimum absolute atomic E-state index is 0.808. The Hall–Kier alpha value is 0.531. The highest BCUT2D eigenvalue weighted by atomic mass is 28.5. The van der Waals surface area contributed by atoms with Gasteiger partial charge in [-0.25, -0.2) is 0 Å². The Morgan fingerprint density at radius 3 is 1.18 bits per heavy atom. The summed E-state index contributed by atoms with van der Waals surface area (Å²) in [7, 11) is -13.0. The second-order valence-corrected chi connectivity index (χ2v) is 29.0. The van der Waals surface area contributed by atoms with Gasteiger partial charge in [0.25, 0.3) is 5.97 Å². The second kappa shape index (κ2) is 11.2. The topological polar surface area (TPSA) is 104 Å². The number of aliphatic carboxylic acids is 1. The summed E-state index contributed by atoms with van der Waals surface area (Å²) in [4.78, 5) is 19.0. The van der Waals surface area contributed by atoms with Crippen molar-refractivity contribution in [2.24, 2.45) is 0 Å². The van der Waals surface area contributed by atoms with Crippen molar-refractivity contribution in [2.75, 3.05) is 0 Å². The van der Waals surface area contributed by atoms with Gasteiger partial charge in [-0.15, -0.1) is 0 Å². The Labute approximate surface area is 178 Å². The molecular weight excluding hydrogens is 465 g/mol. The molecule has 169 valence electrons. The molecule has 0 rings (SSSR count). The van der Waals surface area contributed by atoms with Crippen LogP contribution in [0.15, 0.2) is 0 Å². The van der Waals surface area contributed by atoms with E-state index in [2.05, 4.69) is 26.2 Å². The van der Waals surface area contributed by atoms with Gasteiger partial charge in [0.2, 0.25) is 0 Å². The van der Waals surface area contributed by atoms with Gasteiger partial charge < -0.3 is 30.5 Å². The van der Waals surface area contributed by atoms with Crippen LogP contribution in [0.1, 0.15) is 6.92 Å². The maximum atomic E-state index is 10.0. The van der Waals surface area contributed by atoms with E-state index in [4.69, 9.17) is 30.5 Å². The first kappa shape index (κ1) is 30.7. The summed E-state index contributed by atoms with van der Waals surface area (Å²) in [5, 5.41) is 7.42. The Morgan fingerprint density at radius 1 is 0.679 bits per heavy atom. The summed E-state index contributed by atoms with van der Waals surface area (Å²) >= 11 is 0. The molecule has 2 N–H and O–H groups in total. The highest BCUT2D eigenvalue weighted by molar-refractivity contribution is 6.89. The molecular formula is C14H41O8Si6. The quantitative estimate of drug-likeness (QED) is 0.431. The zero-order chi connectivity index (χ0) is 23.2. The minimum atomic E-state index is -2.63. The van der Waals surface area contributed by atoms with E-state index in [0.29, 0.717) is 0 Å². The van der Waals surface area contributed by atoms with Crippen LogP contribution in [0.5, 0.6) is 0 Å². The Morgan fingerprint density at radius 2 is 0.929 bits per heavy atom. The fourth-order valence-electron chi connectivity index (χ4n) is 2.95. The number of carboxylic acids is 1. The zero-order valence-electron chi connectivity index (χ0n) is 19.8. The van der Waals surface area contributed by atoms with Gasteiger partial charge in [-0.05, 0) is 78.6 Å². The maximum Gasteiger partial charge on any atom is 0.320 e. The Balaban J connectivity index is 0. The molecule has 0 fully saturated rings. The van der Waals surface area contributed by atoms with E-state index >= 15 is 0 Å². The Kier molecular flexibility index (Phi) is 12.3. The van der Waals surface area contributed by atoms with Gasteiger partial charge in [-0.1, -0.05) is 0 Å². The molecule has 0 bridgehead atoms. The molecule has 0 saturated carbocycles. The van der Waals surface area contributed by atoms with Crippen LogP contribution in [-0.2, 0) is 25.4 Å². The molecule has 0 heterocycles. The molecule has 0 aliphatic rings. The van der Waals surface area contributed by atoms with Crippen LogP contribution in [0.2, 0.25) is 78.6 Å². The van der Waals surface area contributed by atoms with Crippen molar-refractivity contribution in [3.63, 3.8) is 0 Å². The third-order valence-corrected chi connectivity index (χ3v) is 21.8. The molecule has 0 aromatic heterocycles. The van der Waals surface area contributed by atoms with Gasteiger partial charge in [0, 0.05) is 6.92 Å².